The van der Waals surface area contributed by atoms with Crippen molar-refractivity contribution in [3.05, 3.63) is 112 Å². The Balaban J connectivity index is 1.87. The summed E-state index contributed by atoms with van der Waals surface area (Å²) < 4.78 is 1.83. The van der Waals surface area contributed by atoms with Crippen molar-refractivity contribution in [3.8, 4) is 5.69 Å². The minimum absolute atomic E-state index is 0.0368. The third kappa shape index (κ3) is 3.61. The van der Waals surface area contributed by atoms with Crippen LogP contribution in [0.5, 0.6) is 0 Å². The van der Waals surface area contributed by atoms with Gasteiger partial charge in [0.15, 0.2) is 0 Å². The highest BCUT2D eigenvalue weighted by molar-refractivity contribution is 6.05. The fourth-order valence-corrected chi connectivity index (χ4v) is 4.02. The summed E-state index contributed by atoms with van der Waals surface area (Å²) in [6.45, 7) is 0. The number of benzene rings is 3. The molecule has 2 N–H and O–H groups in total. The van der Waals surface area contributed by atoms with Crippen LogP contribution in [-0.4, -0.2) is 21.0 Å². The number of nitro groups is 1. The molecule has 3 aromatic carbocycles. The molecule has 0 radical (unpaired) electrons. The average molecular weight is 436 g/mol. The van der Waals surface area contributed by atoms with Crippen molar-refractivity contribution in [1.29, 1.82) is 0 Å². The van der Waals surface area contributed by atoms with Crippen LogP contribution < -0.4 is 4.57 Å². The zero-order valence-electron chi connectivity index (χ0n) is 17.3. The SMILES string of the molecule is O=C(O)c1cc2[nH]c3ccccc3c2[n+](-c2ccc([N+](=O)[O-])cc2)c1/C=C/c1ccccc1. The first-order chi connectivity index (χ1) is 16.0. The number of pyridine rings is 1. The van der Waals surface area contributed by atoms with E-state index in [-0.39, 0.29) is 11.3 Å². The lowest BCUT2D eigenvalue weighted by atomic mass is 10.1. The number of non-ortho nitro benzene ring substituents is 1. The number of carbonyl (C=O) groups is 1. The van der Waals surface area contributed by atoms with Crippen molar-refractivity contribution in [3.63, 3.8) is 0 Å². The Labute approximate surface area is 188 Å². The summed E-state index contributed by atoms with van der Waals surface area (Å²) >= 11 is 0. The van der Waals surface area contributed by atoms with Gasteiger partial charge in [-0.1, -0.05) is 42.5 Å². The number of hydrogen-bond donors (Lipinski definition) is 2. The van der Waals surface area contributed by atoms with Crippen LogP contribution in [0.4, 0.5) is 5.69 Å². The van der Waals surface area contributed by atoms with Gasteiger partial charge in [0.1, 0.15) is 11.1 Å². The fourth-order valence-electron chi connectivity index (χ4n) is 4.02. The lowest BCUT2D eigenvalue weighted by Gasteiger charge is -2.06. The average Bonchev–Trinajstić information content (AvgIpc) is 3.21. The maximum Gasteiger partial charge on any atom is 0.342 e. The Bertz CT molecular complexity index is 1550. The molecule has 160 valence electrons. The molecule has 7 heteroatoms. The molecule has 2 heterocycles. The van der Waals surface area contributed by atoms with Crippen molar-refractivity contribution in [1.82, 2.24) is 4.98 Å². The number of nitro benzene ring substituents is 1. The van der Waals surface area contributed by atoms with Gasteiger partial charge in [0, 0.05) is 30.3 Å². The molecule has 0 saturated heterocycles. The summed E-state index contributed by atoms with van der Waals surface area (Å²) in [5.41, 5.74) is 4.38. The first kappa shape index (κ1) is 20.1. The van der Waals surface area contributed by atoms with Gasteiger partial charge in [-0.2, -0.15) is 4.57 Å². The van der Waals surface area contributed by atoms with E-state index in [0.717, 1.165) is 22.0 Å². The number of fused-ring (bicyclic) bond motifs is 3. The van der Waals surface area contributed by atoms with E-state index in [9.17, 15) is 20.0 Å². The van der Waals surface area contributed by atoms with Gasteiger partial charge in [-0.15, -0.1) is 0 Å². The van der Waals surface area contributed by atoms with Gasteiger partial charge in [-0.05, 0) is 29.8 Å². The van der Waals surface area contributed by atoms with E-state index in [1.165, 1.54) is 12.1 Å². The molecule has 0 aliphatic heterocycles. The van der Waals surface area contributed by atoms with E-state index >= 15 is 0 Å². The van der Waals surface area contributed by atoms with E-state index in [2.05, 4.69) is 4.98 Å². The molecule has 33 heavy (non-hydrogen) atoms. The van der Waals surface area contributed by atoms with Crippen LogP contribution in [0, 0.1) is 10.1 Å². The van der Waals surface area contributed by atoms with Gasteiger partial charge in [0.2, 0.25) is 16.9 Å². The topological polar surface area (TPSA) is 100 Å². The number of nitrogens with one attached hydrogen (secondary N) is 1. The summed E-state index contributed by atoms with van der Waals surface area (Å²) in [4.78, 5) is 26.3. The predicted molar refractivity (Wildman–Crippen MR) is 126 cm³/mol. The number of aromatic amines is 1. The number of hydrogen-bond acceptors (Lipinski definition) is 3. The fraction of sp³-hybridized carbons (Fsp3) is 0. The Hall–Kier alpha value is -4.78. The monoisotopic (exact) mass is 436 g/mol. The first-order valence-corrected chi connectivity index (χ1v) is 10.2. The number of rotatable bonds is 5. The van der Waals surface area contributed by atoms with Gasteiger partial charge in [-0.25, -0.2) is 4.79 Å². The number of aromatic carboxylic acids is 1. The Morgan fingerprint density at radius 3 is 2.30 bits per heavy atom. The number of para-hydroxylation sites is 1. The van der Waals surface area contributed by atoms with Gasteiger partial charge >= 0.3 is 5.97 Å². The van der Waals surface area contributed by atoms with E-state index in [4.69, 9.17) is 0 Å². The third-order valence-corrected chi connectivity index (χ3v) is 5.52. The van der Waals surface area contributed by atoms with E-state index in [1.54, 1.807) is 24.3 Å². The minimum Gasteiger partial charge on any atom is -0.477 e. The van der Waals surface area contributed by atoms with Crippen molar-refractivity contribution in [2.24, 2.45) is 0 Å². The molecular formula is C26H18N3O4+. The summed E-state index contributed by atoms with van der Waals surface area (Å²) in [5.74, 6) is -1.07. The van der Waals surface area contributed by atoms with Crippen LogP contribution in [0.2, 0.25) is 0 Å². The van der Waals surface area contributed by atoms with E-state index < -0.39 is 10.9 Å². The van der Waals surface area contributed by atoms with Crippen LogP contribution in [0.15, 0.2) is 84.9 Å². The quantitative estimate of drug-likeness (QED) is 0.220. The molecule has 0 saturated carbocycles. The molecule has 7 nitrogen and oxygen atoms in total. The zero-order valence-corrected chi connectivity index (χ0v) is 17.3. The highest BCUT2D eigenvalue weighted by atomic mass is 16.6. The van der Waals surface area contributed by atoms with Crippen molar-refractivity contribution in [2.45, 2.75) is 0 Å². The molecule has 0 aliphatic carbocycles. The zero-order chi connectivity index (χ0) is 22.9. The highest BCUT2D eigenvalue weighted by Gasteiger charge is 2.28. The van der Waals surface area contributed by atoms with Gasteiger partial charge in [-0.3, -0.25) is 10.1 Å². The number of H-pyrrole nitrogens is 1. The van der Waals surface area contributed by atoms with Gasteiger partial charge in [0.25, 0.3) is 5.69 Å². The molecule has 5 rings (SSSR count). The lowest BCUT2D eigenvalue weighted by Crippen LogP contribution is -2.37. The van der Waals surface area contributed by atoms with Gasteiger partial charge in [0.05, 0.1) is 15.8 Å². The van der Waals surface area contributed by atoms with Crippen molar-refractivity contribution < 1.29 is 19.4 Å². The normalized spacial score (nSPS) is 11.4. The highest BCUT2D eigenvalue weighted by Crippen LogP contribution is 2.27. The van der Waals surface area contributed by atoms with Gasteiger partial charge < -0.3 is 10.1 Å². The second-order valence-electron chi connectivity index (χ2n) is 7.53. The molecule has 0 bridgehead atoms. The molecule has 0 aliphatic rings. The summed E-state index contributed by atoms with van der Waals surface area (Å²) in [6.07, 6.45) is 3.62. The molecule has 0 amide bonds. The summed E-state index contributed by atoms with van der Waals surface area (Å²) in [5, 5.41) is 22.1. The molecule has 5 aromatic rings. The van der Waals surface area contributed by atoms with Crippen LogP contribution >= 0.6 is 0 Å². The number of nitrogens with zero attached hydrogens (tertiary/aromatic N) is 2. The second-order valence-corrected chi connectivity index (χ2v) is 7.53. The lowest BCUT2D eigenvalue weighted by molar-refractivity contribution is -0.568. The van der Waals surface area contributed by atoms with Crippen LogP contribution in [0.3, 0.4) is 0 Å². The van der Waals surface area contributed by atoms with Crippen LogP contribution in [0.25, 0.3) is 39.8 Å². The van der Waals surface area contributed by atoms with E-state index in [0.29, 0.717) is 16.9 Å². The van der Waals surface area contributed by atoms with Crippen molar-refractivity contribution in [2.75, 3.05) is 0 Å². The molecule has 0 atom stereocenters. The molecule has 0 fully saturated rings. The van der Waals surface area contributed by atoms with Crippen molar-refractivity contribution >= 4 is 45.7 Å². The first-order valence-electron chi connectivity index (χ1n) is 10.2. The Morgan fingerprint density at radius 1 is 0.909 bits per heavy atom. The standard InChI is InChI=1S/C26H17N3O4/c30-26(31)21-16-23-25(20-8-4-5-9-22(20)27-23)28(18-11-13-19(14-12-18)29(32)33)24(21)15-10-17-6-2-1-3-7-17/h1-16H,(H,30,31)/p+1/b15-10+. The third-order valence-electron chi connectivity index (χ3n) is 5.52. The Morgan fingerprint density at radius 2 is 1.61 bits per heavy atom. The van der Waals surface area contributed by atoms with Crippen LogP contribution in [-0.2, 0) is 0 Å². The smallest absolute Gasteiger partial charge is 0.342 e. The maximum absolute atomic E-state index is 12.3. The number of carboxylic acids is 1. The molecule has 0 spiro atoms. The second kappa shape index (κ2) is 8.05. The largest absolute Gasteiger partial charge is 0.477 e. The predicted octanol–water partition coefficient (Wildman–Crippen LogP) is 5.37. The molecule has 0 unspecified atom stereocenters. The van der Waals surface area contributed by atoms with Crippen LogP contribution in [0.1, 0.15) is 21.6 Å². The van der Waals surface area contributed by atoms with E-state index in [1.807, 2.05) is 65.2 Å². The minimum atomic E-state index is -1.07. The number of carboxylic acid groups (broad SMARTS) is 1. The number of aromatic nitrogens is 2. The molecular weight excluding hydrogens is 418 g/mol. The molecule has 2 aromatic heterocycles. The maximum atomic E-state index is 12.3. The summed E-state index contributed by atoms with van der Waals surface area (Å²) in [6, 6.07) is 25.0. The summed E-state index contributed by atoms with van der Waals surface area (Å²) in [7, 11) is 0. The Kier molecular flexibility index (Phi) is 4.91.